The van der Waals surface area contributed by atoms with Crippen LogP contribution in [0.5, 0.6) is 0 Å². The fraction of sp³-hybridized carbons (Fsp3) is 1.00. The van der Waals surface area contributed by atoms with Gasteiger partial charge in [0.2, 0.25) is 0 Å². The van der Waals surface area contributed by atoms with Gasteiger partial charge in [-0.15, -0.1) is 13.2 Å². The first kappa shape index (κ1) is 9.67. The highest BCUT2D eigenvalue weighted by atomic mass is 19.4. The van der Waals surface area contributed by atoms with Crippen LogP contribution in [0.2, 0.25) is 0 Å². The second-order valence-electron chi connectivity index (χ2n) is 1.40. The lowest BCUT2D eigenvalue weighted by molar-refractivity contribution is -0.381. The number of rotatable bonds is 3. The summed E-state index contributed by atoms with van der Waals surface area (Å²) in [6.45, 7) is -1.07. The first-order valence-corrected chi connectivity index (χ1v) is 2.35. The van der Waals surface area contributed by atoms with Crippen LogP contribution in [0.1, 0.15) is 0 Å². The maximum atomic E-state index is 11.2. The third-order valence-corrected chi connectivity index (χ3v) is 0.664. The molecule has 0 heterocycles. The van der Waals surface area contributed by atoms with Crippen LogP contribution in [0, 0.1) is 0 Å². The number of hydrogen-bond acceptors (Lipinski definition) is 2. The van der Waals surface area contributed by atoms with Crippen molar-refractivity contribution in [3.63, 3.8) is 0 Å². The Hall–Kier alpha value is -0.330. The van der Waals surface area contributed by atoms with Gasteiger partial charge in [0.1, 0.15) is 6.61 Å². The smallest absolute Gasteiger partial charge is 0.353 e. The molecule has 1 unspecified atom stereocenters. The molecule has 6 heteroatoms. The first-order valence-electron chi connectivity index (χ1n) is 2.35. The fourth-order valence-corrected chi connectivity index (χ4v) is 0.299. The van der Waals surface area contributed by atoms with Gasteiger partial charge in [-0.3, -0.25) is 4.74 Å². The number of ether oxygens (including phenoxy) is 2. The van der Waals surface area contributed by atoms with Crippen molar-refractivity contribution in [2.24, 2.45) is 0 Å². The van der Waals surface area contributed by atoms with E-state index in [4.69, 9.17) is 0 Å². The van der Waals surface area contributed by atoms with Crippen LogP contribution in [-0.2, 0) is 14.6 Å². The van der Waals surface area contributed by atoms with E-state index in [1.54, 1.807) is 0 Å². The summed E-state index contributed by atoms with van der Waals surface area (Å²) in [5.41, 5.74) is 0. The Labute approximate surface area is 55.4 Å². The van der Waals surface area contributed by atoms with E-state index in [2.05, 4.69) is 9.47 Å². The number of halogens is 3. The van der Waals surface area contributed by atoms with Crippen molar-refractivity contribution in [1.29, 1.82) is 0 Å². The summed E-state index contributed by atoms with van der Waals surface area (Å²) in [7, 11) is 0.967. The van der Waals surface area contributed by atoms with Crippen LogP contribution in [0.15, 0.2) is 0 Å². The minimum absolute atomic E-state index is 0.967. The first-order chi connectivity index (χ1) is 4.49. The van der Waals surface area contributed by atoms with Crippen molar-refractivity contribution < 1.29 is 27.8 Å². The summed E-state index contributed by atoms with van der Waals surface area (Å²) in [4.78, 5) is 0. The molecule has 0 rings (SSSR count). The molecule has 0 amide bonds. The fourth-order valence-electron chi connectivity index (χ4n) is 0.299. The van der Waals surface area contributed by atoms with Gasteiger partial charge in [0.15, 0.2) is 6.29 Å². The van der Waals surface area contributed by atoms with Crippen molar-refractivity contribution in [3.05, 3.63) is 0 Å². The van der Waals surface area contributed by atoms with Crippen LogP contribution < -0.4 is 0 Å². The molecule has 1 atom stereocenters. The van der Waals surface area contributed by atoms with Gasteiger partial charge in [0.25, 0.3) is 0 Å². The van der Waals surface area contributed by atoms with E-state index in [-0.39, 0.29) is 0 Å². The minimum atomic E-state index is -4.80. The maximum Gasteiger partial charge on any atom is 0.524 e. The van der Waals surface area contributed by atoms with Crippen molar-refractivity contribution in [2.75, 3.05) is 13.7 Å². The molecular formula is C4H6F3O3. The van der Waals surface area contributed by atoms with Gasteiger partial charge in [-0.05, 0) is 0 Å². The highest BCUT2D eigenvalue weighted by Crippen LogP contribution is 2.18. The predicted octanol–water partition coefficient (Wildman–Crippen LogP) is 0.926. The van der Waals surface area contributed by atoms with E-state index in [9.17, 15) is 18.3 Å². The Morgan fingerprint density at radius 2 is 2.00 bits per heavy atom. The Balaban J connectivity index is 3.63. The summed E-state index contributed by atoms with van der Waals surface area (Å²) in [6.07, 6.45) is -6.54. The van der Waals surface area contributed by atoms with Gasteiger partial charge >= 0.3 is 6.36 Å². The molecule has 0 aliphatic carbocycles. The zero-order valence-corrected chi connectivity index (χ0v) is 5.14. The second-order valence-corrected chi connectivity index (χ2v) is 1.40. The average Bonchev–Trinajstić information content (AvgIpc) is 1.81. The van der Waals surface area contributed by atoms with Crippen LogP contribution in [-0.4, -0.2) is 26.4 Å². The van der Waals surface area contributed by atoms with Gasteiger partial charge in [0.05, 0.1) is 0 Å². The van der Waals surface area contributed by atoms with Crippen LogP contribution in [0.3, 0.4) is 0 Å². The molecule has 0 aromatic heterocycles. The van der Waals surface area contributed by atoms with E-state index in [1.807, 2.05) is 0 Å². The predicted molar refractivity (Wildman–Crippen MR) is 23.5 cm³/mol. The lowest BCUT2D eigenvalue weighted by Gasteiger charge is -2.13. The number of alkyl halides is 3. The molecule has 0 saturated carbocycles. The Kier molecular flexibility index (Phi) is 3.62. The molecule has 0 saturated heterocycles. The topological polar surface area (TPSA) is 38.4 Å². The van der Waals surface area contributed by atoms with Gasteiger partial charge < -0.3 is 4.74 Å². The monoisotopic (exact) mass is 159 g/mol. The van der Waals surface area contributed by atoms with Gasteiger partial charge in [0, 0.05) is 7.11 Å². The zero-order valence-electron chi connectivity index (χ0n) is 5.14. The quantitative estimate of drug-likeness (QED) is 0.574. The highest BCUT2D eigenvalue weighted by Gasteiger charge is 2.33. The highest BCUT2D eigenvalue weighted by molar-refractivity contribution is 4.38. The molecule has 0 aliphatic heterocycles. The molecule has 0 aliphatic rings. The minimum Gasteiger partial charge on any atom is -0.353 e. The molecule has 0 aromatic carbocycles. The van der Waals surface area contributed by atoms with Crippen molar-refractivity contribution >= 4 is 0 Å². The average molecular weight is 159 g/mol. The van der Waals surface area contributed by atoms with Crippen molar-refractivity contribution in [1.82, 2.24) is 0 Å². The SMILES string of the molecule is COC(C[O])OC(F)(F)F. The molecular weight excluding hydrogens is 153 g/mol. The van der Waals surface area contributed by atoms with E-state index < -0.39 is 19.3 Å². The molecule has 3 nitrogen and oxygen atoms in total. The van der Waals surface area contributed by atoms with E-state index in [1.165, 1.54) is 0 Å². The molecule has 0 spiro atoms. The molecule has 0 fully saturated rings. The van der Waals surface area contributed by atoms with Gasteiger partial charge in [-0.25, -0.2) is 5.11 Å². The van der Waals surface area contributed by atoms with E-state index in [0.29, 0.717) is 0 Å². The van der Waals surface area contributed by atoms with Crippen LogP contribution >= 0.6 is 0 Å². The van der Waals surface area contributed by atoms with Crippen LogP contribution in [0.4, 0.5) is 13.2 Å². The summed E-state index contributed by atoms with van der Waals surface area (Å²) in [5, 5.41) is 9.79. The Bertz CT molecular complexity index is 88.2. The van der Waals surface area contributed by atoms with Gasteiger partial charge in [-0.1, -0.05) is 0 Å². The normalized spacial score (nSPS) is 15.3. The molecule has 0 aromatic rings. The molecule has 61 valence electrons. The summed E-state index contributed by atoms with van der Waals surface area (Å²) in [6, 6.07) is 0. The summed E-state index contributed by atoms with van der Waals surface area (Å²) < 4.78 is 40.9. The van der Waals surface area contributed by atoms with Crippen LogP contribution in [0.25, 0.3) is 0 Å². The zero-order chi connectivity index (χ0) is 8.20. The third kappa shape index (κ3) is 4.54. The molecule has 10 heavy (non-hydrogen) atoms. The Morgan fingerprint density at radius 1 is 1.50 bits per heavy atom. The standard InChI is InChI=1S/C4H6F3O3/c1-9-3(2-8)10-4(5,6)7/h3H,2H2,1H3. The lowest BCUT2D eigenvalue weighted by atomic mass is 10.7. The summed E-state index contributed by atoms with van der Waals surface area (Å²) in [5.74, 6) is 0. The molecule has 0 bridgehead atoms. The molecule has 0 N–H and O–H groups in total. The maximum absolute atomic E-state index is 11.2. The summed E-state index contributed by atoms with van der Waals surface area (Å²) >= 11 is 0. The number of hydrogen-bond donors (Lipinski definition) is 0. The van der Waals surface area contributed by atoms with Crippen molar-refractivity contribution in [2.45, 2.75) is 12.7 Å². The Morgan fingerprint density at radius 3 is 2.10 bits per heavy atom. The lowest BCUT2D eigenvalue weighted by Crippen LogP contribution is -2.27. The largest absolute Gasteiger partial charge is 0.524 e. The second kappa shape index (κ2) is 3.75. The molecule has 1 radical (unpaired) electrons. The van der Waals surface area contributed by atoms with E-state index in [0.717, 1.165) is 7.11 Å². The van der Waals surface area contributed by atoms with E-state index >= 15 is 0 Å². The van der Waals surface area contributed by atoms with Gasteiger partial charge in [-0.2, -0.15) is 0 Å². The third-order valence-electron chi connectivity index (χ3n) is 0.664. The van der Waals surface area contributed by atoms with Crippen molar-refractivity contribution in [3.8, 4) is 0 Å². The number of methoxy groups -OCH3 is 1.